The van der Waals surface area contributed by atoms with Crippen LogP contribution in [-0.2, 0) is 6.54 Å². The molecule has 0 heterocycles. The van der Waals surface area contributed by atoms with Gasteiger partial charge >= 0.3 is 6.61 Å². The van der Waals surface area contributed by atoms with Gasteiger partial charge in [0, 0.05) is 30.7 Å². The van der Waals surface area contributed by atoms with E-state index in [1.165, 1.54) is 6.07 Å². The minimum atomic E-state index is -2.82. The van der Waals surface area contributed by atoms with Gasteiger partial charge in [-0.05, 0) is 12.5 Å². The van der Waals surface area contributed by atoms with Gasteiger partial charge in [-0.2, -0.15) is 8.78 Å². The molecule has 0 saturated heterocycles. The smallest absolute Gasteiger partial charge is 0.387 e. The van der Waals surface area contributed by atoms with Crippen LogP contribution in [0.25, 0.3) is 0 Å². The number of hydrogen-bond donors (Lipinski definition) is 2. The topological polar surface area (TPSA) is 41.5 Å². The van der Waals surface area contributed by atoms with Crippen molar-refractivity contribution in [3.63, 3.8) is 0 Å². The monoisotopic (exact) mass is 273 g/mol. The van der Waals surface area contributed by atoms with Crippen molar-refractivity contribution in [2.24, 2.45) is 5.41 Å². The Kier molecular flexibility index (Phi) is 6.18. The molecule has 108 valence electrons. The number of nitrogens with one attached hydrogen (secondary N) is 1. The molecule has 1 rings (SSSR count). The predicted octanol–water partition coefficient (Wildman–Crippen LogP) is 2.79. The van der Waals surface area contributed by atoms with Gasteiger partial charge in [-0.1, -0.05) is 32.0 Å². The Balaban J connectivity index is 2.58. The zero-order chi connectivity index (χ0) is 14.3. The summed E-state index contributed by atoms with van der Waals surface area (Å²) in [7, 11) is 0. The van der Waals surface area contributed by atoms with E-state index in [-0.39, 0.29) is 17.8 Å². The first kappa shape index (κ1) is 15.9. The second-order valence-electron chi connectivity index (χ2n) is 4.91. The number of halogens is 2. The molecule has 0 spiro atoms. The highest BCUT2D eigenvalue weighted by molar-refractivity contribution is 5.33. The van der Waals surface area contributed by atoms with E-state index in [0.717, 1.165) is 6.42 Å². The molecule has 0 aliphatic carbocycles. The summed E-state index contributed by atoms with van der Waals surface area (Å²) in [5.41, 5.74) is 0.484. The molecule has 0 aliphatic rings. The maximum atomic E-state index is 12.2. The van der Waals surface area contributed by atoms with Gasteiger partial charge in [0.15, 0.2) is 0 Å². The number of aliphatic hydroxyl groups excluding tert-OH is 1. The summed E-state index contributed by atoms with van der Waals surface area (Å²) in [5, 5.41) is 12.5. The summed E-state index contributed by atoms with van der Waals surface area (Å²) < 4.78 is 28.9. The fourth-order valence-corrected chi connectivity index (χ4v) is 1.65. The fourth-order valence-electron chi connectivity index (χ4n) is 1.65. The molecular weight excluding hydrogens is 252 g/mol. The van der Waals surface area contributed by atoms with Crippen LogP contribution in [0.1, 0.15) is 25.8 Å². The lowest BCUT2D eigenvalue weighted by Gasteiger charge is -2.26. The third kappa shape index (κ3) is 5.12. The van der Waals surface area contributed by atoms with Crippen molar-refractivity contribution in [2.75, 3.05) is 13.2 Å². The van der Waals surface area contributed by atoms with Crippen LogP contribution in [0.4, 0.5) is 8.78 Å². The van der Waals surface area contributed by atoms with Gasteiger partial charge in [-0.25, -0.2) is 0 Å². The molecule has 1 aromatic rings. The molecule has 0 aromatic heterocycles. The maximum absolute atomic E-state index is 12.2. The lowest BCUT2D eigenvalue weighted by atomic mass is 9.88. The minimum absolute atomic E-state index is 0.0890. The Morgan fingerprint density at radius 1 is 1.37 bits per heavy atom. The van der Waals surface area contributed by atoms with Crippen LogP contribution in [0.2, 0.25) is 0 Å². The predicted molar refractivity (Wildman–Crippen MR) is 70.3 cm³/mol. The highest BCUT2D eigenvalue weighted by Gasteiger charge is 2.20. The average molecular weight is 273 g/mol. The van der Waals surface area contributed by atoms with Crippen LogP contribution in [0.5, 0.6) is 5.75 Å². The molecule has 3 nitrogen and oxygen atoms in total. The van der Waals surface area contributed by atoms with E-state index >= 15 is 0 Å². The molecule has 1 aromatic carbocycles. The Labute approximate surface area is 112 Å². The first-order valence-electron chi connectivity index (χ1n) is 6.35. The maximum Gasteiger partial charge on any atom is 0.387 e. The van der Waals surface area contributed by atoms with E-state index in [1.807, 2.05) is 13.8 Å². The minimum Gasteiger partial charge on any atom is -0.434 e. The van der Waals surface area contributed by atoms with E-state index in [2.05, 4.69) is 10.1 Å². The van der Waals surface area contributed by atoms with Crippen molar-refractivity contribution in [3.8, 4) is 5.75 Å². The van der Waals surface area contributed by atoms with Crippen LogP contribution in [-0.4, -0.2) is 24.9 Å². The summed E-state index contributed by atoms with van der Waals surface area (Å²) >= 11 is 0. The molecule has 19 heavy (non-hydrogen) atoms. The summed E-state index contributed by atoms with van der Waals surface area (Å²) in [6.07, 6.45) is 0.839. The Bertz CT molecular complexity index is 381. The standard InChI is InChI=1S/C14H21F2NO2/c1-3-14(2,10-18)9-17-8-11-6-4-5-7-12(11)19-13(15)16/h4-7,13,17-18H,3,8-10H2,1-2H3. The zero-order valence-electron chi connectivity index (χ0n) is 11.3. The molecular formula is C14H21F2NO2. The molecule has 0 bridgehead atoms. The Morgan fingerprint density at radius 2 is 2.05 bits per heavy atom. The van der Waals surface area contributed by atoms with Crippen LogP contribution >= 0.6 is 0 Å². The third-order valence-electron chi connectivity index (χ3n) is 3.29. The first-order chi connectivity index (χ1) is 9.00. The molecule has 0 saturated carbocycles. The molecule has 0 aliphatic heterocycles. The molecule has 0 fully saturated rings. The van der Waals surface area contributed by atoms with Crippen LogP contribution < -0.4 is 10.1 Å². The van der Waals surface area contributed by atoms with Gasteiger partial charge in [0.25, 0.3) is 0 Å². The molecule has 1 atom stereocenters. The molecule has 5 heteroatoms. The number of ether oxygens (including phenoxy) is 1. The quantitative estimate of drug-likeness (QED) is 0.765. The number of benzene rings is 1. The van der Waals surface area contributed by atoms with Crippen LogP contribution in [0.15, 0.2) is 24.3 Å². The third-order valence-corrected chi connectivity index (χ3v) is 3.29. The van der Waals surface area contributed by atoms with Gasteiger partial charge in [0.2, 0.25) is 0 Å². The van der Waals surface area contributed by atoms with Crippen LogP contribution in [0, 0.1) is 5.41 Å². The number of aliphatic hydroxyl groups is 1. The lowest BCUT2D eigenvalue weighted by Crippen LogP contribution is -2.34. The molecule has 0 amide bonds. The molecule has 2 N–H and O–H groups in total. The Hall–Kier alpha value is -1.20. The van der Waals surface area contributed by atoms with Gasteiger partial charge in [0.1, 0.15) is 5.75 Å². The zero-order valence-corrected chi connectivity index (χ0v) is 11.3. The normalized spacial score (nSPS) is 14.4. The first-order valence-corrected chi connectivity index (χ1v) is 6.35. The highest BCUT2D eigenvalue weighted by atomic mass is 19.3. The number of rotatable bonds is 8. The SMILES string of the molecule is CCC(C)(CO)CNCc1ccccc1OC(F)F. The highest BCUT2D eigenvalue weighted by Crippen LogP contribution is 2.22. The van der Waals surface area contributed by atoms with Crippen molar-refractivity contribution in [1.29, 1.82) is 0 Å². The number of hydrogen-bond acceptors (Lipinski definition) is 3. The summed E-state index contributed by atoms with van der Waals surface area (Å²) in [6, 6.07) is 6.70. The summed E-state index contributed by atoms with van der Waals surface area (Å²) in [5.74, 6) is 0.187. The van der Waals surface area contributed by atoms with E-state index in [4.69, 9.17) is 0 Å². The average Bonchev–Trinajstić information content (AvgIpc) is 2.40. The van der Waals surface area contributed by atoms with Crippen molar-refractivity contribution < 1.29 is 18.6 Å². The van der Waals surface area contributed by atoms with Crippen molar-refractivity contribution in [1.82, 2.24) is 5.32 Å². The van der Waals surface area contributed by atoms with E-state index in [1.54, 1.807) is 18.2 Å². The van der Waals surface area contributed by atoms with Crippen molar-refractivity contribution in [3.05, 3.63) is 29.8 Å². The fraction of sp³-hybridized carbons (Fsp3) is 0.571. The van der Waals surface area contributed by atoms with Gasteiger partial charge in [0.05, 0.1) is 0 Å². The van der Waals surface area contributed by atoms with Gasteiger partial charge in [-0.3, -0.25) is 0 Å². The van der Waals surface area contributed by atoms with Crippen molar-refractivity contribution in [2.45, 2.75) is 33.4 Å². The lowest BCUT2D eigenvalue weighted by molar-refractivity contribution is -0.0505. The van der Waals surface area contributed by atoms with Crippen LogP contribution in [0.3, 0.4) is 0 Å². The van der Waals surface area contributed by atoms with Crippen molar-refractivity contribution >= 4 is 0 Å². The number of para-hydroxylation sites is 1. The molecule has 0 radical (unpaired) electrons. The second kappa shape index (κ2) is 7.40. The Morgan fingerprint density at radius 3 is 2.63 bits per heavy atom. The van der Waals surface area contributed by atoms with E-state index in [0.29, 0.717) is 18.7 Å². The second-order valence-corrected chi connectivity index (χ2v) is 4.91. The summed E-state index contributed by atoms with van der Waals surface area (Å²) in [6.45, 7) is 2.29. The van der Waals surface area contributed by atoms with Gasteiger partial charge in [-0.15, -0.1) is 0 Å². The largest absolute Gasteiger partial charge is 0.434 e. The van der Waals surface area contributed by atoms with Gasteiger partial charge < -0.3 is 15.2 Å². The molecule has 1 unspecified atom stereocenters. The van der Waals surface area contributed by atoms with E-state index in [9.17, 15) is 13.9 Å². The number of alkyl halides is 2. The van der Waals surface area contributed by atoms with E-state index < -0.39 is 6.61 Å². The summed E-state index contributed by atoms with van der Waals surface area (Å²) in [4.78, 5) is 0.